The van der Waals surface area contributed by atoms with Crippen LogP contribution >= 0.6 is 0 Å². The first-order valence-electron chi connectivity index (χ1n) is 7.15. The van der Waals surface area contributed by atoms with Crippen LogP contribution in [0.5, 0.6) is 0 Å². The molecule has 0 unspecified atom stereocenters. The first-order valence-corrected chi connectivity index (χ1v) is 7.15. The summed E-state index contributed by atoms with van der Waals surface area (Å²) in [4.78, 5) is 17.1. The number of carbonyl (C=O) groups excluding carboxylic acids is 1. The normalized spacial score (nSPS) is 14.5. The standard InChI is InChI=1S/C15H20N4O/c1-3-11-6-7-13(16-11)15(20)19(2)9-12-8-14(18-17-12)10-4-5-10/h6-8,10,16H,3-5,9H2,1-2H3,(H,17,18). The van der Waals surface area contributed by atoms with Crippen molar-refractivity contribution in [1.82, 2.24) is 20.1 Å². The summed E-state index contributed by atoms with van der Waals surface area (Å²) in [6.07, 6.45) is 3.38. The van der Waals surface area contributed by atoms with Crippen molar-refractivity contribution in [3.05, 3.63) is 41.0 Å². The molecule has 2 aromatic heterocycles. The van der Waals surface area contributed by atoms with Crippen LogP contribution in [0.15, 0.2) is 18.2 Å². The van der Waals surface area contributed by atoms with Gasteiger partial charge < -0.3 is 9.88 Å². The number of rotatable bonds is 5. The molecule has 0 spiro atoms. The van der Waals surface area contributed by atoms with E-state index in [0.29, 0.717) is 18.2 Å². The van der Waals surface area contributed by atoms with E-state index in [4.69, 9.17) is 0 Å². The Hall–Kier alpha value is -2.04. The van der Waals surface area contributed by atoms with E-state index in [1.807, 2.05) is 19.2 Å². The predicted molar refractivity (Wildman–Crippen MR) is 76.5 cm³/mol. The molecular weight excluding hydrogens is 252 g/mol. The second-order valence-corrected chi connectivity index (χ2v) is 5.50. The van der Waals surface area contributed by atoms with Crippen molar-refractivity contribution < 1.29 is 4.79 Å². The van der Waals surface area contributed by atoms with Crippen molar-refractivity contribution in [1.29, 1.82) is 0 Å². The van der Waals surface area contributed by atoms with Gasteiger partial charge in [-0.3, -0.25) is 9.89 Å². The highest BCUT2D eigenvalue weighted by Gasteiger charge is 2.26. The molecule has 106 valence electrons. The minimum absolute atomic E-state index is 0.00673. The summed E-state index contributed by atoms with van der Waals surface area (Å²) in [5.41, 5.74) is 3.85. The largest absolute Gasteiger partial charge is 0.354 e. The van der Waals surface area contributed by atoms with E-state index in [0.717, 1.165) is 23.5 Å². The molecule has 5 heteroatoms. The number of hydrogen-bond donors (Lipinski definition) is 2. The Labute approximate surface area is 118 Å². The highest BCUT2D eigenvalue weighted by Crippen LogP contribution is 2.39. The molecule has 1 saturated carbocycles. The molecule has 0 aromatic carbocycles. The maximum Gasteiger partial charge on any atom is 0.270 e. The van der Waals surface area contributed by atoms with Crippen LogP contribution in [0, 0.1) is 0 Å². The summed E-state index contributed by atoms with van der Waals surface area (Å²) >= 11 is 0. The molecular formula is C15H20N4O. The van der Waals surface area contributed by atoms with Gasteiger partial charge in [0, 0.05) is 18.7 Å². The highest BCUT2D eigenvalue weighted by molar-refractivity contribution is 5.92. The topological polar surface area (TPSA) is 64.8 Å². The van der Waals surface area contributed by atoms with Gasteiger partial charge in [0.15, 0.2) is 0 Å². The van der Waals surface area contributed by atoms with E-state index in [1.165, 1.54) is 12.8 Å². The molecule has 20 heavy (non-hydrogen) atoms. The lowest BCUT2D eigenvalue weighted by atomic mass is 10.2. The number of nitrogens with one attached hydrogen (secondary N) is 2. The van der Waals surface area contributed by atoms with Gasteiger partial charge in [0.1, 0.15) is 5.69 Å². The molecule has 1 aliphatic rings. The number of hydrogen-bond acceptors (Lipinski definition) is 2. The second-order valence-electron chi connectivity index (χ2n) is 5.50. The number of aromatic nitrogens is 3. The fourth-order valence-electron chi connectivity index (χ4n) is 2.35. The zero-order valence-electron chi connectivity index (χ0n) is 11.9. The molecule has 1 aliphatic carbocycles. The van der Waals surface area contributed by atoms with Crippen molar-refractivity contribution in [3.63, 3.8) is 0 Å². The van der Waals surface area contributed by atoms with E-state index in [-0.39, 0.29) is 5.91 Å². The smallest absolute Gasteiger partial charge is 0.270 e. The monoisotopic (exact) mass is 272 g/mol. The Balaban J connectivity index is 1.64. The summed E-state index contributed by atoms with van der Waals surface area (Å²) in [5.74, 6) is 0.642. The van der Waals surface area contributed by atoms with Crippen LogP contribution in [-0.2, 0) is 13.0 Å². The number of aryl methyl sites for hydroxylation is 1. The van der Waals surface area contributed by atoms with Gasteiger partial charge in [-0.15, -0.1) is 0 Å². The number of carbonyl (C=O) groups is 1. The summed E-state index contributed by atoms with van der Waals surface area (Å²) in [6, 6.07) is 5.89. The average Bonchev–Trinajstić information content (AvgIpc) is 3.02. The predicted octanol–water partition coefficient (Wildman–Crippen LogP) is 2.45. The van der Waals surface area contributed by atoms with Crippen LogP contribution < -0.4 is 0 Å². The maximum absolute atomic E-state index is 12.3. The van der Waals surface area contributed by atoms with Crippen LogP contribution in [0.1, 0.15) is 53.3 Å². The van der Waals surface area contributed by atoms with Gasteiger partial charge in [-0.2, -0.15) is 5.10 Å². The summed E-state index contributed by atoms with van der Waals surface area (Å²) < 4.78 is 0. The number of H-pyrrole nitrogens is 2. The first kappa shape index (κ1) is 13.0. The van der Waals surface area contributed by atoms with Gasteiger partial charge in [-0.1, -0.05) is 6.92 Å². The minimum atomic E-state index is 0.00673. The SMILES string of the molecule is CCc1ccc(C(=O)N(C)Cc2cc(C3CC3)n[nH]2)[nH]1. The Morgan fingerprint density at radius 1 is 1.40 bits per heavy atom. The van der Waals surface area contributed by atoms with Crippen molar-refractivity contribution in [2.45, 2.75) is 38.6 Å². The third-order valence-corrected chi connectivity index (χ3v) is 3.76. The van der Waals surface area contributed by atoms with Crippen molar-refractivity contribution in [2.75, 3.05) is 7.05 Å². The van der Waals surface area contributed by atoms with E-state index in [1.54, 1.807) is 4.90 Å². The molecule has 0 radical (unpaired) electrons. The molecule has 2 aromatic rings. The molecule has 0 saturated heterocycles. The molecule has 3 rings (SSSR count). The van der Waals surface area contributed by atoms with Crippen LogP contribution in [-0.4, -0.2) is 33.0 Å². The zero-order valence-corrected chi connectivity index (χ0v) is 11.9. The summed E-state index contributed by atoms with van der Waals surface area (Å²) in [6.45, 7) is 2.62. The molecule has 1 amide bonds. The van der Waals surface area contributed by atoms with Gasteiger partial charge in [-0.05, 0) is 37.5 Å². The number of amides is 1. The minimum Gasteiger partial charge on any atom is -0.354 e. The Kier molecular flexibility index (Phi) is 3.34. The van der Waals surface area contributed by atoms with Gasteiger partial charge in [0.25, 0.3) is 5.91 Å². The molecule has 2 heterocycles. The second kappa shape index (κ2) is 5.15. The van der Waals surface area contributed by atoms with Gasteiger partial charge in [-0.25, -0.2) is 0 Å². The van der Waals surface area contributed by atoms with Crippen molar-refractivity contribution >= 4 is 5.91 Å². The Morgan fingerprint density at radius 2 is 2.20 bits per heavy atom. The number of aromatic amines is 2. The molecule has 2 N–H and O–H groups in total. The Morgan fingerprint density at radius 3 is 2.85 bits per heavy atom. The molecule has 0 aliphatic heterocycles. The highest BCUT2D eigenvalue weighted by atomic mass is 16.2. The molecule has 5 nitrogen and oxygen atoms in total. The van der Waals surface area contributed by atoms with Crippen LogP contribution in [0.25, 0.3) is 0 Å². The van der Waals surface area contributed by atoms with Crippen LogP contribution in [0.4, 0.5) is 0 Å². The van der Waals surface area contributed by atoms with Crippen molar-refractivity contribution in [2.24, 2.45) is 0 Å². The number of nitrogens with zero attached hydrogens (tertiary/aromatic N) is 2. The first-order chi connectivity index (χ1) is 9.67. The quantitative estimate of drug-likeness (QED) is 0.878. The average molecular weight is 272 g/mol. The van der Waals surface area contributed by atoms with Crippen molar-refractivity contribution in [3.8, 4) is 0 Å². The third kappa shape index (κ3) is 2.61. The summed E-state index contributed by atoms with van der Waals surface area (Å²) in [7, 11) is 1.81. The van der Waals surface area contributed by atoms with E-state index >= 15 is 0 Å². The lowest BCUT2D eigenvalue weighted by Gasteiger charge is -2.15. The fourth-order valence-corrected chi connectivity index (χ4v) is 2.35. The molecule has 0 atom stereocenters. The lowest BCUT2D eigenvalue weighted by molar-refractivity contribution is 0.0778. The fraction of sp³-hybridized carbons (Fsp3) is 0.467. The molecule has 0 bridgehead atoms. The van der Waals surface area contributed by atoms with E-state index in [2.05, 4.69) is 28.2 Å². The lowest BCUT2D eigenvalue weighted by Crippen LogP contribution is -2.26. The van der Waals surface area contributed by atoms with Gasteiger partial charge >= 0.3 is 0 Å². The summed E-state index contributed by atoms with van der Waals surface area (Å²) in [5, 5.41) is 7.34. The third-order valence-electron chi connectivity index (χ3n) is 3.76. The van der Waals surface area contributed by atoms with Gasteiger partial charge in [0.05, 0.1) is 17.9 Å². The van der Waals surface area contributed by atoms with Crippen LogP contribution in [0.3, 0.4) is 0 Å². The zero-order chi connectivity index (χ0) is 14.1. The Bertz CT molecular complexity index is 609. The van der Waals surface area contributed by atoms with Crippen LogP contribution in [0.2, 0.25) is 0 Å². The maximum atomic E-state index is 12.3. The van der Waals surface area contributed by atoms with Gasteiger partial charge in [0.2, 0.25) is 0 Å². The molecule has 1 fully saturated rings. The van der Waals surface area contributed by atoms with E-state index < -0.39 is 0 Å². The van der Waals surface area contributed by atoms with E-state index in [9.17, 15) is 4.79 Å².